The summed E-state index contributed by atoms with van der Waals surface area (Å²) >= 11 is 0. The highest BCUT2D eigenvalue weighted by Crippen LogP contribution is 2.36. The number of alkyl halides is 3. The SMILES string of the molecule is C[C@H]1CC[C@H](c2cccc(C(F)(F)F)c2)N(C(=O)C(=O)Nc2cncc(C(N)=O)c2)C1. The zero-order chi connectivity index (χ0) is 22.8. The molecule has 2 atom stereocenters. The van der Waals surface area contributed by atoms with E-state index in [1.807, 2.05) is 6.92 Å². The highest BCUT2D eigenvalue weighted by molar-refractivity contribution is 6.39. The van der Waals surface area contributed by atoms with Crippen molar-refractivity contribution in [2.45, 2.75) is 32.0 Å². The average Bonchev–Trinajstić information content (AvgIpc) is 2.72. The standard InChI is InChI=1S/C21H21F3N4O3/c1-12-5-6-17(13-3-2-4-15(7-13)21(22,23)24)28(11-12)20(31)19(30)27-16-8-14(18(25)29)9-26-10-16/h2-4,7-10,12,17H,5-6,11H2,1H3,(H2,25,29)(H,27,30)/t12-,17+/m0/s1. The number of anilines is 1. The van der Waals surface area contributed by atoms with Gasteiger partial charge in [0.25, 0.3) is 0 Å². The van der Waals surface area contributed by atoms with Gasteiger partial charge in [0.2, 0.25) is 5.91 Å². The van der Waals surface area contributed by atoms with E-state index >= 15 is 0 Å². The minimum absolute atomic E-state index is 0.0543. The number of carbonyl (C=O) groups is 3. The van der Waals surface area contributed by atoms with Gasteiger partial charge in [-0.25, -0.2) is 0 Å². The molecule has 1 saturated heterocycles. The van der Waals surface area contributed by atoms with Crippen molar-refractivity contribution in [3.05, 3.63) is 59.4 Å². The van der Waals surface area contributed by atoms with E-state index in [0.29, 0.717) is 18.4 Å². The van der Waals surface area contributed by atoms with Crippen LogP contribution in [0.4, 0.5) is 18.9 Å². The maximum Gasteiger partial charge on any atom is 0.416 e. The zero-order valence-electron chi connectivity index (χ0n) is 16.6. The van der Waals surface area contributed by atoms with E-state index in [4.69, 9.17) is 5.73 Å². The number of pyridine rings is 1. The molecule has 0 unspecified atom stereocenters. The fourth-order valence-corrected chi connectivity index (χ4v) is 3.60. The molecule has 1 aromatic heterocycles. The Hall–Kier alpha value is -3.43. The summed E-state index contributed by atoms with van der Waals surface area (Å²) in [5.41, 5.74) is 4.85. The molecular weight excluding hydrogens is 413 g/mol. The Balaban J connectivity index is 1.84. The number of benzene rings is 1. The molecule has 1 aliphatic rings. The van der Waals surface area contributed by atoms with Gasteiger partial charge in [-0.3, -0.25) is 19.4 Å². The predicted octanol–water partition coefficient (Wildman–Crippen LogP) is 3.14. The number of hydrogen-bond donors (Lipinski definition) is 2. The molecule has 7 nitrogen and oxygen atoms in total. The minimum Gasteiger partial charge on any atom is -0.366 e. The van der Waals surface area contributed by atoms with Gasteiger partial charge in [0.15, 0.2) is 0 Å². The lowest BCUT2D eigenvalue weighted by atomic mass is 9.89. The van der Waals surface area contributed by atoms with E-state index in [1.54, 1.807) is 0 Å². The molecule has 0 saturated carbocycles. The van der Waals surface area contributed by atoms with Crippen LogP contribution in [-0.2, 0) is 15.8 Å². The number of nitrogens with zero attached hydrogens (tertiary/aromatic N) is 2. The second kappa shape index (κ2) is 8.75. The number of halogens is 3. The van der Waals surface area contributed by atoms with Crippen molar-refractivity contribution < 1.29 is 27.6 Å². The fraction of sp³-hybridized carbons (Fsp3) is 0.333. The third-order valence-electron chi connectivity index (χ3n) is 5.15. The number of rotatable bonds is 3. The van der Waals surface area contributed by atoms with Crippen LogP contribution in [0.2, 0.25) is 0 Å². The van der Waals surface area contributed by atoms with Crippen LogP contribution in [0.25, 0.3) is 0 Å². The Morgan fingerprint density at radius 2 is 1.90 bits per heavy atom. The monoisotopic (exact) mass is 434 g/mol. The van der Waals surface area contributed by atoms with Crippen molar-refractivity contribution >= 4 is 23.4 Å². The van der Waals surface area contributed by atoms with Gasteiger partial charge < -0.3 is 16.0 Å². The number of amides is 3. The van der Waals surface area contributed by atoms with E-state index in [0.717, 1.165) is 12.1 Å². The number of likely N-dealkylation sites (tertiary alicyclic amines) is 1. The first-order valence-electron chi connectivity index (χ1n) is 9.60. The van der Waals surface area contributed by atoms with E-state index in [-0.39, 0.29) is 23.7 Å². The molecule has 3 N–H and O–H groups in total. The molecule has 1 aliphatic heterocycles. The second-order valence-electron chi connectivity index (χ2n) is 7.56. The summed E-state index contributed by atoms with van der Waals surface area (Å²) in [5, 5.41) is 2.38. The Labute approximate surface area is 176 Å². The van der Waals surface area contributed by atoms with Gasteiger partial charge in [-0.2, -0.15) is 13.2 Å². The third kappa shape index (κ3) is 5.19. The van der Waals surface area contributed by atoms with E-state index in [1.165, 1.54) is 35.5 Å². The van der Waals surface area contributed by atoms with Crippen LogP contribution in [0.15, 0.2) is 42.7 Å². The highest BCUT2D eigenvalue weighted by atomic mass is 19.4. The third-order valence-corrected chi connectivity index (χ3v) is 5.15. The van der Waals surface area contributed by atoms with Crippen LogP contribution in [0.1, 0.15) is 47.3 Å². The van der Waals surface area contributed by atoms with Crippen LogP contribution in [-0.4, -0.2) is 34.2 Å². The molecule has 1 fully saturated rings. The Morgan fingerprint density at radius 1 is 1.16 bits per heavy atom. The van der Waals surface area contributed by atoms with Gasteiger partial charge in [-0.1, -0.05) is 19.1 Å². The summed E-state index contributed by atoms with van der Waals surface area (Å²) in [6.07, 6.45) is -0.906. The van der Waals surface area contributed by atoms with Crippen molar-refractivity contribution in [2.75, 3.05) is 11.9 Å². The molecule has 1 aromatic carbocycles. The molecule has 0 spiro atoms. The smallest absolute Gasteiger partial charge is 0.366 e. The first-order valence-corrected chi connectivity index (χ1v) is 9.60. The molecule has 31 heavy (non-hydrogen) atoms. The first-order chi connectivity index (χ1) is 14.6. The number of aromatic nitrogens is 1. The molecule has 0 bridgehead atoms. The number of carbonyl (C=O) groups excluding carboxylic acids is 3. The number of nitrogens with two attached hydrogens (primary N) is 1. The summed E-state index contributed by atoms with van der Waals surface area (Å²) in [6.45, 7) is 2.13. The van der Waals surface area contributed by atoms with E-state index < -0.39 is 35.5 Å². The van der Waals surface area contributed by atoms with Gasteiger partial charge in [-0.15, -0.1) is 0 Å². The highest BCUT2D eigenvalue weighted by Gasteiger charge is 2.36. The largest absolute Gasteiger partial charge is 0.416 e. The maximum absolute atomic E-state index is 13.1. The minimum atomic E-state index is -4.51. The van der Waals surface area contributed by atoms with Gasteiger partial charge in [0, 0.05) is 12.7 Å². The summed E-state index contributed by atoms with van der Waals surface area (Å²) in [6, 6.07) is 5.41. The summed E-state index contributed by atoms with van der Waals surface area (Å²) in [5.74, 6) is -2.52. The lowest BCUT2D eigenvalue weighted by molar-refractivity contribution is -0.146. The summed E-state index contributed by atoms with van der Waals surface area (Å²) < 4.78 is 39.4. The van der Waals surface area contributed by atoms with Crippen molar-refractivity contribution in [1.82, 2.24) is 9.88 Å². The normalized spacial score (nSPS) is 19.0. The van der Waals surface area contributed by atoms with Gasteiger partial charge in [-0.05, 0) is 42.5 Å². The average molecular weight is 434 g/mol. The molecule has 0 aliphatic carbocycles. The lowest BCUT2D eigenvalue weighted by Gasteiger charge is -2.38. The number of hydrogen-bond acceptors (Lipinski definition) is 4. The molecule has 0 radical (unpaired) electrons. The number of piperidine rings is 1. The van der Waals surface area contributed by atoms with Crippen molar-refractivity contribution in [3.63, 3.8) is 0 Å². The van der Waals surface area contributed by atoms with E-state index in [2.05, 4.69) is 10.3 Å². The fourth-order valence-electron chi connectivity index (χ4n) is 3.60. The van der Waals surface area contributed by atoms with Crippen LogP contribution >= 0.6 is 0 Å². The van der Waals surface area contributed by atoms with Crippen LogP contribution in [0.3, 0.4) is 0 Å². The number of nitrogens with one attached hydrogen (secondary N) is 1. The van der Waals surface area contributed by atoms with Gasteiger partial charge in [0.1, 0.15) is 0 Å². The van der Waals surface area contributed by atoms with Crippen LogP contribution in [0, 0.1) is 5.92 Å². The van der Waals surface area contributed by atoms with Crippen molar-refractivity contribution in [1.29, 1.82) is 0 Å². The zero-order valence-corrected chi connectivity index (χ0v) is 16.6. The maximum atomic E-state index is 13.1. The predicted molar refractivity (Wildman–Crippen MR) is 106 cm³/mol. The molecule has 2 heterocycles. The number of primary amides is 1. The van der Waals surface area contributed by atoms with Gasteiger partial charge in [0.05, 0.1) is 29.1 Å². The topological polar surface area (TPSA) is 105 Å². The molecular formula is C21H21F3N4O3. The Bertz CT molecular complexity index is 1010. The van der Waals surface area contributed by atoms with Gasteiger partial charge >= 0.3 is 18.0 Å². The lowest BCUT2D eigenvalue weighted by Crippen LogP contribution is -2.46. The Kier molecular flexibility index (Phi) is 6.28. The second-order valence-corrected chi connectivity index (χ2v) is 7.56. The summed E-state index contributed by atoms with van der Waals surface area (Å²) in [7, 11) is 0. The van der Waals surface area contributed by atoms with Crippen molar-refractivity contribution in [2.24, 2.45) is 11.7 Å². The molecule has 2 aromatic rings. The van der Waals surface area contributed by atoms with Crippen molar-refractivity contribution in [3.8, 4) is 0 Å². The van der Waals surface area contributed by atoms with E-state index in [9.17, 15) is 27.6 Å². The quantitative estimate of drug-likeness (QED) is 0.724. The molecule has 10 heteroatoms. The first kappa shape index (κ1) is 22.3. The Morgan fingerprint density at radius 3 is 2.58 bits per heavy atom. The molecule has 3 amide bonds. The summed E-state index contributed by atoms with van der Waals surface area (Å²) in [4.78, 5) is 41.8. The molecule has 164 valence electrons. The molecule has 3 rings (SSSR count). The van der Waals surface area contributed by atoms with Crippen LogP contribution in [0.5, 0.6) is 0 Å². The van der Waals surface area contributed by atoms with Crippen LogP contribution < -0.4 is 11.1 Å².